The van der Waals surface area contributed by atoms with E-state index < -0.39 is 51.9 Å². The van der Waals surface area contributed by atoms with Crippen molar-refractivity contribution in [2.24, 2.45) is 0 Å². The molecular formula is C33H32F6O. The summed E-state index contributed by atoms with van der Waals surface area (Å²) in [7, 11) is 0. The average molecular weight is 559 g/mol. The SMILES string of the molecule is C=C(C)/C=C\C(=C)C(=C)/C=C(/F)C(=C)C(=C)/C=C(/F)C(=C)C(=C)/C=C(/F)C(=C)C(F)(F)OC(=C)/C=C(/F)C(=C)C. The Bertz CT molecular complexity index is 1350. The van der Waals surface area contributed by atoms with Crippen molar-refractivity contribution < 1.29 is 31.1 Å². The molecule has 0 fully saturated rings. The number of ether oxygens (including phenoxy) is 1. The Kier molecular flexibility index (Phi) is 13.5. The predicted octanol–water partition coefficient (Wildman–Crippen LogP) is 11.1. The summed E-state index contributed by atoms with van der Waals surface area (Å²) in [5.74, 6) is -5.42. The molecule has 0 heterocycles. The topological polar surface area (TPSA) is 9.23 Å². The molecule has 0 unspecified atom stereocenters. The summed E-state index contributed by atoms with van der Waals surface area (Å²) in [4.78, 5) is 0. The van der Waals surface area contributed by atoms with Crippen LogP contribution in [0, 0.1) is 0 Å². The fourth-order valence-corrected chi connectivity index (χ4v) is 2.30. The fourth-order valence-electron chi connectivity index (χ4n) is 2.30. The minimum absolute atomic E-state index is 0.0732. The second-order valence-electron chi connectivity index (χ2n) is 8.55. The van der Waals surface area contributed by atoms with E-state index in [4.69, 9.17) is 0 Å². The molecule has 0 atom stereocenters. The minimum atomic E-state index is -4.34. The zero-order valence-corrected chi connectivity index (χ0v) is 22.7. The van der Waals surface area contributed by atoms with Crippen molar-refractivity contribution in [3.63, 3.8) is 0 Å². The summed E-state index contributed by atoms with van der Waals surface area (Å²) < 4.78 is 90.2. The Labute approximate surface area is 232 Å². The van der Waals surface area contributed by atoms with Gasteiger partial charge in [0, 0.05) is 17.2 Å². The Morgan fingerprint density at radius 1 is 0.550 bits per heavy atom. The van der Waals surface area contributed by atoms with Crippen LogP contribution in [-0.4, -0.2) is 6.11 Å². The maximum absolute atomic E-state index is 14.7. The molecule has 0 amide bonds. The van der Waals surface area contributed by atoms with E-state index in [1.165, 1.54) is 6.92 Å². The van der Waals surface area contributed by atoms with Crippen LogP contribution in [0.4, 0.5) is 26.3 Å². The number of halogens is 6. The molecule has 0 N–H and O–H groups in total. The van der Waals surface area contributed by atoms with E-state index >= 15 is 0 Å². The lowest BCUT2D eigenvalue weighted by Gasteiger charge is -2.19. The van der Waals surface area contributed by atoms with E-state index in [1.807, 2.05) is 0 Å². The van der Waals surface area contributed by atoms with Gasteiger partial charge in [0.25, 0.3) is 0 Å². The van der Waals surface area contributed by atoms with Gasteiger partial charge in [0.05, 0.1) is 5.57 Å². The molecule has 0 saturated heterocycles. The normalized spacial score (nSPS) is 13.0. The van der Waals surface area contributed by atoms with Crippen LogP contribution < -0.4 is 0 Å². The van der Waals surface area contributed by atoms with Gasteiger partial charge in [0.1, 0.15) is 29.1 Å². The van der Waals surface area contributed by atoms with Crippen molar-refractivity contribution in [1.82, 2.24) is 0 Å². The molecule has 40 heavy (non-hydrogen) atoms. The van der Waals surface area contributed by atoms with Crippen molar-refractivity contribution in [3.05, 3.63) is 181 Å². The van der Waals surface area contributed by atoms with E-state index in [0.717, 1.165) is 17.7 Å². The second-order valence-corrected chi connectivity index (χ2v) is 8.55. The maximum Gasteiger partial charge on any atom is 0.428 e. The van der Waals surface area contributed by atoms with E-state index in [9.17, 15) is 26.3 Å². The maximum atomic E-state index is 14.7. The summed E-state index contributed by atoms with van der Waals surface area (Å²) in [5, 5.41) is 0. The lowest BCUT2D eigenvalue weighted by Crippen LogP contribution is -2.23. The molecule has 0 aliphatic rings. The minimum Gasteiger partial charge on any atom is -0.429 e. The molecular weight excluding hydrogens is 526 g/mol. The van der Waals surface area contributed by atoms with Crippen molar-refractivity contribution in [2.45, 2.75) is 20.0 Å². The van der Waals surface area contributed by atoms with Gasteiger partial charge in [-0.05, 0) is 59.9 Å². The monoisotopic (exact) mass is 558 g/mol. The van der Waals surface area contributed by atoms with Gasteiger partial charge in [-0.1, -0.05) is 83.5 Å². The quantitative estimate of drug-likeness (QED) is 0.104. The Hall–Kier alpha value is -4.52. The summed E-state index contributed by atoms with van der Waals surface area (Å²) in [6.07, 6.45) is 1.66. The van der Waals surface area contributed by atoms with Gasteiger partial charge in [0.2, 0.25) is 0 Å². The number of hydrogen-bond donors (Lipinski definition) is 0. The van der Waals surface area contributed by atoms with Crippen molar-refractivity contribution in [3.8, 4) is 0 Å². The van der Waals surface area contributed by atoms with Crippen LogP contribution in [0.25, 0.3) is 0 Å². The van der Waals surface area contributed by atoms with Crippen LogP contribution in [0.5, 0.6) is 0 Å². The van der Waals surface area contributed by atoms with Crippen LogP contribution in [0.15, 0.2) is 181 Å². The second kappa shape index (κ2) is 15.2. The van der Waals surface area contributed by atoms with Crippen LogP contribution in [0.2, 0.25) is 0 Å². The molecule has 7 heteroatoms. The highest BCUT2D eigenvalue weighted by Gasteiger charge is 2.38. The molecule has 212 valence electrons. The van der Waals surface area contributed by atoms with E-state index in [2.05, 4.69) is 70.5 Å². The molecule has 0 aromatic rings. The number of hydrogen-bond acceptors (Lipinski definition) is 1. The zero-order valence-electron chi connectivity index (χ0n) is 22.7. The molecule has 0 bridgehead atoms. The third-order valence-corrected chi connectivity index (χ3v) is 4.83. The highest BCUT2D eigenvalue weighted by molar-refractivity contribution is 5.56. The first-order chi connectivity index (χ1) is 18.2. The molecule has 0 spiro atoms. The summed E-state index contributed by atoms with van der Waals surface area (Å²) in [6, 6.07) is 0. The number of alkyl halides is 2. The van der Waals surface area contributed by atoms with E-state index in [-0.39, 0.29) is 22.3 Å². The van der Waals surface area contributed by atoms with E-state index in [1.54, 1.807) is 19.1 Å². The largest absolute Gasteiger partial charge is 0.429 e. The molecule has 0 aromatic heterocycles. The average Bonchev–Trinajstić information content (AvgIpc) is 2.84. The van der Waals surface area contributed by atoms with Crippen LogP contribution in [0.1, 0.15) is 13.8 Å². The summed E-state index contributed by atoms with van der Waals surface area (Å²) >= 11 is 0. The molecule has 0 radical (unpaired) electrons. The van der Waals surface area contributed by atoms with Crippen molar-refractivity contribution >= 4 is 0 Å². The predicted molar refractivity (Wildman–Crippen MR) is 155 cm³/mol. The standard InChI is InChI=1S/C33H32F6O/c1-19(2)13-14-21(5)22(6)15-30(35)26(10)23(7)16-31(36)27(11)24(8)17-32(37)28(12)33(38,39)40-25(9)18-29(34)20(3)4/h13-18H,1,3,5-12H2,2,4H3/b14-13-,29-18+,30-15+,31-16+,32-17+. The highest BCUT2D eigenvalue weighted by Crippen LogP contribution is 2.34. The van der Waals surface area contributed by atoms with Crippen molar-refractivity contribution in [1.29, 1.82) is 0 Å². The van der Waals surface area contributed by atoms with Gasteiger partial charge >= 0.3 is 6.11 Å². The molecule has 1 nitrogen and oxygen atoms in total. The lowest BCUT2D eigenvalue weighted by atomic mass is 10.0. The fraction of sp³-hybridized carbons (Fsp3) is 0.0909. The number of allylic oxidation sites excluding steroid dienone is 17. The molecule has 0 rings (SSSR count). The first-order valence-corrected chi connectivity index (χ1v) is 11.3. The van der Waals surface area contributed by atoms with E-state index in [0.29, 0.717) is 17.7 Å². The van der Waals surface area contributed by atoms with Crippen LogP contribution in [0.3, 0.4) is 0 Å². The van der Waals surface area contributed by atoms with Crippen LogP contribution >= 0.6 is 0 Å². The molecule has 0 saturated carbocycles. The van der Waals surface area contributed by atoms with Gasteiger partial charge in [0.15, 0.2) is 0 Å². The molecule has 0 aliphatic heterocycles. The Balaban J connectivity index is 5.61. The lowest BCUT2D eigenvalue weighted by molar-refractivity contribution is -0.177. The smallest absolute Gasteiger partial charge is 0.428 e. The van der Waals surface area contributed by atoms with Gasteiger partial charge in [-0.25, -0.2) is 17.6 Å². The van der Waals surface area contributed by atoms with Gasteiger partial charge < -0.3 is 4.74 Å². The van der Waals surface area contributed by atoms with Gasteiger partial charge in [-0.3, -0.25) is 0 Å². The summed E-state index contributed by atoms with van der Waals surface area (Å²) in [6.45, 7) is 37.4. The zero-order chi connectivity index (χ0) is 31.5. The first kappa shape index (κ1) is 35.5. The van der Waals surface area contributed by atoms with Crippen molar-refractivity contribution in [2.75, 3.05) is 0 Å². The molecule has 0 aliphatic carbocycles. The summed E-state index contributed by atoms with van der Waals surface area (Å²) in [5.41, 5.74) is -1.68. The number of rotatable bonds is 16. The Morgan fingerprint density at radius 2 is 0.975 bits per heavy atom. The van der Waals surface area contributed by atoms with Gasteiger partial charge in [-0.15, -0.1) is 0 Å². The third kappa shape index (κ3) is 11.5. The third-order valence-electron chi connectivity index (χ3n) is 4.83. The first-order valence-electron chi connectivity index (χ1n) is 11.3. The Morgan fingerprint density at radius 3 is 1.40 bits per heavy atom. The van der Waals surface area contributed by atoms with Crippen LogP contribution in [-0.2, 0) is 4.74 Å². The van der Waals surface area contributed by atoms with Gasteiger partial charge in [-0.2, -0.15) is 8.78 Å². The molecule has 0 aromatic carbocycles. The highest BCUT2D eigenvalue weighted by atomic mass is 19.3.